The van der Waals surface area contributed by atoms with Crippen LogP contribution >= 0.6 is 0 Å². The van der Waals surface area contributed by atoms with Crippen molar-refractivity contribution in [3.63, 3.8) is 0 Å². The van der Waals surface area contributed by atoms with Gasteiger partial charge in [0.2, 0.25) is 0 Å². The van der Waals surface area contributed by atoms with Gasteiger partial charge < -0.3 is 9.30 Å². The van der Waals surface area contributed by atoms with E-state index in [9.17, 15) is 9.59 Å². The quantitative estimate of drug-likeness (QED) is 0.664. The number of fused-ring (bicyclic) bond motifs is 1. The molecule has 0 saturated heterocycles. The Balaban J connectivity index is 1.92. The van der Waals surface area contributed by atoms with E-state index in [0.29, 0.717) is 28.4 Å². The van der Waals surface area contributed by atoms with Crippen molar-refractivity contribution in [3.05, 3.63) is 58.6 Å². The Morgan fingerprint density at radius 1 is 1.15 bits per heavy atom. The maximum atomic E-state index is 13.0. The molecular weight excluding hydrogens is 342 g/mol. The molecule has 2 aliphatic heterocycles. The zero-order valence-corrected chi connectivity index (χ0v) is 15.6. The number of carbonyl (C=O) groups excluding carboxylic acids is 1. The predicted molar refractivity (Wildman–Crippen MR) is 102 cm³/mol. The van der Waals surface area contributed by atoms with Crippen LogP contribution in [0.1, 0.15) is 49.0 Å². The Hall–Kier alpha value is -2.89. The van der Waals surface area contributed by atoms with Gasteiger partial charge in [0.25, 0.3) is 5.56 Å². The smallest absolute Gasteiger partial charge is 0.341 e. The third-order valence-corrected chi connectivity index (χ3v) is 5.54. The summed E-state index contributed by atoms with van der Waals surface area (Å²) in [5, 5.41) is 4.45. The molecule has 1 aromatic rings. The van der Waals surface area contributed by atoms with E-state index in [1.165, 1.54) is 18.2 Å². The molecule has 0 amide bonds. The second-order valence-corrected chi connectivity index (χ2v) is 7.25. The van der Waals surface area contributed by atoms with Gasteiger partial charge in [-0.2, -0.15) is 9.78 Å². The molecule has 1 fully saturated rings. The molecule has 27 heavy (non-hydrogen) atoms. The first-order valence-electron chi connectivity index (χ1n) is 9.38. The van der Waals surface area contributed by atoms with Crippen LogP contribution in [0.5, 0.6) is 0 Å². The number of esters is 1. The van der Waals surface area contributed by atoms with E-state index in [-0.39, 0.29) is 11.6 Å². The van der Waals surface area contributed by atoms with Crippen LogP contribution in [-0.4, -0.2) is 27.4 Å². The van der Waals surface area contributed by atoms with Crippen LogP contribution in [0, 0.1) is 5.92 Å². The molecule has 0 radical (unpaired) electrons. The fourth-order valence-electron chi connectivity index (χ4n) is 4.06. The van der Waals surface area contributed by atoms with Crippen molar-refractivity contribution in [1.82, 2.24) is 14.3 Å². The van der Waals surface area contributed by atoms with Crippen molar-refractivity contribution < 1.29 is 9.53 Å². The Kier molecular flexibility index (Phi) is 4.56. The zero-order chi connectivity index (χ0) is 19.0. The van der Waals surface area contributed by atoms with Gasteiger partial charge >= 0.3 is 5.97 Å². The number of rotatable bonds is 3. The molecular formula is C21H23N3O3. The Bertz CT molecular complexity index is 990. The summed E-state index contributed by atoms with van der Waals surface area (Å²) in [5.41, 5.74) is 1.61. The van der Waals surface area contributed by atoms with Crippen molar-refractivity contribution in [3.8, 4) is 16.9 Å². The Labute approximate surface area is 157 Å². The van der Waals surface area contributed by atoms with Crippen LogP contribution in [0.4, 0.5) is 0 Å². The van der Waals surface area contributed by atoms with E-state index in [1.54, 1.807) is 6.20 Å². The van der Waals surface area contributed by atoms with Crippen molar-refractivity contribution in [1.29, 1.82) is 0 Å². The van der Waals surface area contributed by atoms with E-state index in [2.05, 4.69) is 12.0 Å². The molecule has 1 aromatic carbocycles. The first-order chi connectivity index (χ1) is 13.1. The molecule has 0 bridgehead atoms. The second-order valence-electron chi connectivity index (χ2n) is 7.25. The zero-order valence-electron chi connectivity index (χ0n) is 15.6. The van der Waals surface area contributed by atoms with E-state index < -0.39 is 5.97 Å². The summed E-state index contributed by atoms with van der Waals surface area (Å²) in [7, 11) is 1.35. The standard InChI is InChI=1S/C21H23N3O3/c1-14-8-6-7-11-18(14)23-12-16-19(17(13-23)21(26)27-2)22-24(20(16)25)15-9-4-3-5-10-15/h3-5,9-10,12-14,18H,6-8,11H2,1-2H3. The lowest BCUT2D eigenvalue weighted by Crippen LogP contribution is -2.23. The van der Waals surface area contributed by atoms with Gasteiger partial charge in [-0.3, -0.25) is 4.79 Å². The Morgan fingerprint density at radius 2 is 1.89 bits per heavy atom. The first-order valence-corrected chi connectivity index (χ1v) is 9.38. The van der Waals surface area contributed by atoms with Gasteiger partial charge in [0.1, 0.15) is 11.3 Å². The molecule has 6 heteroatoms. The summed E-state index contributed by atoms with van der Waals surface area (Å²) in [6.07, 6.45) is 8.21. The number of aromatic nitrogens is 3. The predicted octanol–water partition coefficient (Wildman–Crippen LogP) is 3.68. The second kappa shape index (κ2) is 7.02. The number of carbonyl (C=O) groups is 1. The van der Waals surface area contributed by atoms with Gasteiger partial charge in [-0.1, -0.05) is 38.0 Å². The van der Waals surface area contributed by atoms with Crippen molar-refractivity contribution >= 4 is 5.97 Å². The molecule has 0 N–H and O–H groups in total. The number of pyridine rings is 1. The minimum atomic E-state index is -0.476. The van der Waals surface area contributed by atoms with E-state index in [0.717, 1.165) is 19.3 Å². The summed E-state index contributed by atoms with van der Waals surface area (Å²) in [4.78, 5) is 25.5. The average molecular weight is 365 g/mol. The van der Waals surface area contributed by atoms with Gasteiger partial charge in [0.05, 0.1) is 18.4 Å². The molecule has 0 spiro atoms. The molecule has 2 atom stereocenters. The topological polar surface area (TPSA) is 66.1 Å². The maximum absolute atomic E-state index is 13.0. The van der Waals surface area contributed by atoms with Gasteiger partial charge in [-0.05, 0) is 30.9 Å². The van der Waals surface area contributed by atoms with Crippen LogP contribution in [0.15, 0.2) is 47.5 Å². The van der Waals surface area contributed by atoms with Gasteiger partial charge in [-0.15, -0.1) is 0 Å². The lowest BCUT2D eigenvalue weighted by Gasteiger charge is -2.31. The van der Waals surface area contributed by atoms with Crippen molar-refractivity contribution in [2.75, 3.05) is 7.11 Å². The number of methoxy groups -OCH3 is 1. The highest BCUT2D eigenvalue weighted by Gasteiger charge is 2.29. The number of nitrogens with zero attached hydrogens (tertiary/aromatic N) is 3. The molecule has 1 saturated carbocycles. The van der Waals surface area contributed by atoms with Crippen LogP contribution < -0.4 is 5.56 Å². The molecule has 4 rings (SSSR count). The number of hydrogen-bond acceptors (Lipinski definition) is 4. The molecule has 0 aromatic heterocycles. The summed E-state index contributed by atoms with van der Waals surface area (Å²) < 4.78 is 8.34. The summed E-state index contributed by atoms with van der Waals surface area (Å²) in [6, 6.07) is 9.50. The van der Waals surface area contributed by atoms with E-state index in [1.807, 2.05) is 41.1 Å². The number of benzene rings is 1. The highest BCUT2D eigenvalue weighted by molar-refractivity contribution is 5.96. The molecule has 2 unspecified atom stereocenters. The molecule has 140 valence electrons. The van der Waals surface area contributed by atoms with Gasteiger partial charge in [-0.25, -0.2) is 4.79 Å². The largest absolute Gasteiger partial charge is 0.465 e. The van der Waals surface area contributed by atoms with Crippen LogP contribution in [-0.2, 0) is 4.74 Å². The van der Waals surface area contributed by atoms with Crippen molar-refractivity contribution in [2.45, 2.75) is 38.6 Å². The number of para-hydroxylation sites is 1. The van der Waals surface area contributed by atoms with Crippen LogP contribution in [0.2, 0.25) is 0 Å². The Morgan fingerprint density at radius 3 is 2.59 bits per heavy atom. The summed E-state index contributed by atoms with van der Waals surface area (Å²) in [6.45, 7) is 2.23. The third kappa shape index (κ3) is 3.05. The molecule has 6 nitrogen and oxygen atoms in total. The SMILES string of the molecule is COC(=O)c1cn(C2CCCCC2C)cc2c(=O)n(-c3ccccc3)nc1-2. The highest BCUT2D eigenvalue weighted by Crippen LogP contribution is 2.35. The monoisotopic (exact) mass is 365 g/mol. The molecule has 3 aliphatic rings. The molecule has 2 heterocycles. The highest BCUT2D eigenvalue weighted by atomic mass is 16.5. The normalized spacial score (nSPS) is 19.9. The average Bonchev–Trinajstić information content (AvgIpc) is 3.04. The summed E-state index contributed by atoms with van der Waals surface area (Å²) >= 11 is 0. The minimum Gasteiger partial charge on any atom is -0.465 e. The van der Waals surface area contributed by atoms with Gasteiger partial charge in [0, 0.05) is 18.4 Å². The van der Waals surface area contributed by atoms with E-state index >= 15 is 0 Å². The first kappa shape index (κ1) is 17.5. The van der Waals surface area contributed by atoms with Crippen LogP contribution in [0.3, 0.4) is 0 Å². The lowest BCUT2D eigenvalue weighted by atomic mass is 9.85. The molecule has 1 aliphatic carbocycles. The van der Waals surface area contributed by atoms with E-state index in [4.69, 9.17) is 4.74 Å². The third-order valence-electron chi connectivity index (χ3n) is 5.54. The number of hydrogen-bond donors (Lipinski definition) is 0. The lowest BCUT2D eigenvalue weighted by molar-refractivity contribution is 0.0599. The minimum absolute atomic E-state index is 0.223. The van der Waals surface area contributed by atoms with Crippen LogP contribution in [0.25, 0.3) is 16.9 Å². The number of ether oxygens (including phenoxy) is 1. The maximum Gasteiger partial charge on any atom is 0.341 e. The fraction of sp³-hybridized carbons (Fsp3) is 0.381. The van der Waals surface area contributed by atoms with Gasteiger partial charge in [0.15, 0.2) is 0 Å². The fourth-order valence-corrected chi connectivity index (χ4v) is 4.06. The van der Waals surface area contributed by atoms with Crippen molar-refractivity contribution in [2.24, 2.45) is 5.92 Å². The summed E-state index contributed by atoms with van der Waals surface area (Å²) in [5.74, 6) is 0.0153.